The number of hydrogen-bond donors (Lipinski definition) is 2. The molecule has 0 bridgehead atoms. The van der Waals surface area contributed by atoms with Crippen molar-refractivity contribution in [3.8, 4) is 5.75 Å². The number of amides is 3. The van der Waals surface area contributed by atoms with Gasteiger partial charge in [0.1, 0.15) is 17.9 Å². The second-order valence-corrected chi connectivity index (χ2v) is 5.25. The topological polar surface area (TPSA) is 93.7 Å². The van der Waals surface area contributed by atoms with E-state index in [2.05, 4.69) is 10.6 Å². The first-order valence-electron chi connectivity index (χ1n) is 8.10. The van der Waals surface area contributed by atoms with Gasteiger partial charge in [-0.05, 0) is 24.6 Å². The molecule has 0 aliphatic heterocycles. The Balaban J connectivity index is 1.92. The highest BCUT2D eigenvalue weighted by molar-refractivity contribution is 5.97. The van der Waals surface area contributed by atoms with Gasteiger partial charge >= 0.3 is 12.0 Å². The second kappa shape index (κ2) is 9.83. The Bertz CT molecular complexity index is 762. The molecule has 3 amide bonds. The van der Waals surface area contributed by atoms with Gasteiger partial charge in [-0.25, -0.2) is 9.59 Å². The van der Waals surface area contributed by atoms with E-state index in [-0.39, 0.29) is 5.56 Å². The molecular formula is C19H20N2O5. The smallest absolute Gasteiger partial charge is 0.342 e. The van der Waals surface area contributed by atoms with E-state index in [1.54, 1.807) is 31.2 Å². The maximum Gasteiger partial charge on any atom is 0.342 e. The lowest BCUT2D eigenvalue weighted by Crippen LogP contribution is -2.41. The summed E-state index contributed by atoms with van der Waals surface area (Å²) in [6.07, 6.45) is 0. The van der Waals surface area contributed by atoms with Gasteiger partial charge in [0.05, 0.1) is 0 Å². The number of para-hydroxylation sites is 1. The van der Waals surface area contributed by atoms with Crippen molar-refractivity contribution in [2.24, 2.45) is 0 Å². The fourth-order valence-corrected chi connectivity index (χ4v) is 2.07. The summed E-state index contributed by atoms with van der Waals surface area (Å²) in [7, 11) is 0. The second-order valence-electron chi connectivity index (χ2n) is 5.25. The Morgan fingerprint density at radius 2 is 1.65 bits per heavy atom. The Morgan fingerprint density at radius 3 is 2.38 bits per heavy atom. The number of esters is 1. The Labute approximate surface area is 151 Å². The zero-order chi connectivity index (χ0) is 18.8. The van der Waals surface area contributed by atoms with Crippen molar-refractivity contribution in [1.29, 1.82) is 0 Å². The minimum absolute atomic E-state index is 0.203. The molecule has 2 rings (SSSR count). The predicted molar refractivity (Wildman–Crippen MR) is 94.7 cm³/mol. The summed E-state index contributed by atoms with van der Waals surface area (Å²) in [5.41, 5.74) is 1.16. The van der Waals surface area contributed by atoms with Gasteiger partial charge in [-0.2, -0.15) is 0 Å². The number of benzene rings is 2. The van der Waals surface area contributed by atoms with Crippen LogP contribution in [-0.4, -0.2) is 31.1 Å². The van der Waals surface area contributed by atoms with Crippen LogP contribution in [0.25, 0.3) is 0 Å². The van der Waals surface area contributed by atoms with Crippen molar-refractivity contribution in [3.63, 3.8) is 0 Å². The van der Waals surface area contributed by atoms with Crippen molar-refractivity contribution in [1.82, 2.24) is 10.6 Å². The first kappa shape index (κ1) is 19.0. The molecule has 0 unspecified atom stereocenters. The van der Waals surface area contributed by atoms with Gasteiger partial charge in [0.2, 0.25) is 0 Å². The van der Waals surface area contributed by atoms with Crippen LogP contribution in [0.15, 0.2) is 54.6 Å². The molecule has 0 saturated carbocycles. The largest absolute Gasteiger partial charge is 0.488 e. The SMILES string of the molecule is CCNC(=O)NC(=O)COC(=O)c1ccccc1OCc1ccccc1. The standard InChI is InChI=1S/C19H20N2O5/c1-2-20-19(24)21-17(22)13-26-18(23)15-10-6-7-11-16(15)25-12-14-8-4-3-5-9-14/h3-11H,2,12-13H2,1H3,(H2,20,21,22,24). The minimum atomic E-state index is -0.716. The average Bonchev–Trinajstić information content (AvgIpc) is 2.65. The van der Waals surface area contributed by atoms with Gasteiger partial charge in [0.25, 0.3) is 5.91 Å². The molecule has 0 fully saturated rings. The number of rotatable bonds is 7. The molecule has 0 aliphatic rings. The highest BCUT2D eigenvalue weighted by Crippen LogP contribution is 2.20. The van der Waals surface area contributed by atoms with Gasteiger partial charge < -0.3 is 14.8 Å². The quantitative estimate of drug-likeness (QED) is 0.742. The van der Waals surface area contributed by atoms with E-state index in [1.807, 2.05) is 30.3 Å². The molecule has 7 nitrogen and oxygen atoms in total. The third-order valence-corrected chi connectivity index (χ3v) is 3.27. The number of nitrogens with one attached hydrogen (secondary N) is 2. The third kappa shape index (κ3) is 5.94. The molecular weight excluding hydrogens is 336 g/mol. The fraction of sp³-hybridized carbons (Fsp3) is 0.211. The summed E-state index contributed by atoms with van der Waals surface area (Å²) in [6.45, 7) is 1.83. The molecule has 0 heterocycles. The molecule has 0 radical (unpaired) electrons. The normalized spacial score (nSPS) is 9.88. The van der Waals surface area contributed by atoms with Crippen molar-refractivity contribution >= 4 is 17.9 Å². The molecule has 0 aromatic heterocycles. The summed E-state index contributed by atoms with van der Waals surface area (Å²) in [5, 5.41) is 4.46. The van der Waals surface area contributed by atoms with E-state index >= 15 is 0 Å². The molecule has 2 aromatic carbocycles. The first-order valence-corrected chi connectivity index (χ1v) is 8.10. The number of carbonyl (C=O) groups is 3. The van der Waals surface area contributed by atoms with Crippen LogP contribution in [0.3, 0.4) is 0 Å². The minimum Gasteiger partial charge on any atom is -0.488 e. The van der Waals surface area contributed by atoms with Crippen molar-refractivity contribution in [3.05, 3.63) is 65.7 Å². The molecule has 0 aliphatic carbocycles. The van der Waals surface area contributed by atoms with Crippen molar-refractivity contribution < 1.29 is 23.9 Å². The Hall–Kier alpha value is -3.35. The maximum absolute atomic E-state index is 12.2. The molecule has 0 spiro atoms. The summed E-state index contributed by atoms with van der Waals surface area (Å²) >= 11 is 0. The zero-order valence-electron chi connectivity index (χ0n) is 14.4. The number of imide groups is 1. The third-order valence-electron chi connectivity index (χ3n) is 3.27. The van der Waals surface area contributed by atoms with Crippen LogP contribution in [-0.2, 0) is 16.1 Å². The first-order chi connectivity index (χ1) is 12.6. The van der Waals surface area contributed by atoms with E-state index < -0.39 is 24.5 Å². The van der Waals surface area contributed by atoms with E-state index in [9.17, 15) is 14.4 Å². The molecule has 2 aromatic rings. The van der Waals surface area contributed by atoms with E-state index in [0.717, 1.165) is 5.56 Å². The van der Waals surface area contributed by atoms with Crippen LogP contribution >= 0.6 is 0 Å². The number of carbonyl (C=O) groups excluding carboxylic acids is 3. The van der Waals surface area contributed by atoms with Gasteiger partial charge in [-0.3, -0.25) is 10.1 Å². The summed E-state index contributed by atoms with van der Waals surface area (Å²) < 4.78 is 10.6. The van der Waals surface area contributed by atoms with Gasteiger partial charge in [-0.1, -0.05) is 42.5 Å². The molecule has 0 atom stereocenters. The van der Waals surface area contributed by atoms with Crippen molar-refractivity contribution in [2.75, 3.05) is 13.2 Å². The summed E-state index contributed by atoms with van der Waals surface area (Å²) in [6, 6.07) is 15.5. The predicted octanol–water partition coefficient (Wildman–Crippen LogP) is 2.27. The van der Waals surface area contributed by atoms with E-state index in [1.165, 1.54) is 0 Å². The van der Waals surface area contributed by atoms with Crippen LogP contribution in [0.2, 0.25) is 0 Å². The zero-order valence-corrected chi connectivity index (χ0v) is 14.4. The van der Waals surface area contributed by atoms with E-state index in [0.29, 0.717) is 18.9 Å². The lowest BCUT2D eigenvalue weighted by atomic mass is 10.2. The van der Waals surface area contributed by atoms with Gasteiger partial charge in [0, 0.05) is 6.54 Å². The molecule has 2 N–H and O–H groups in total. The summed E-state index contributed by atoms with van der Waals surface area (Å²) in [4.78, 5) is 35.0. The molecule has 26 heavy (non-hydrogen) atoms. The van der Waals surface area contributed by atoms with Crippen LogP contribution < -0.4 is 15.4 Å². The van der Waals surface area contributed by atoms with Gasteiger partial charge in [0.15, 0.2) is 6.61 Å². The van der Waals surface area contributed by atoms with Gasteiger partial charge in [-0.15, -0.1) is 0 Å². The summed E-state index contributed by atoms with van der Waals surface area (Å²) in [5.74, 6) is -1.07. The van der Waals surface area contributed by atoms with Crippen LogP contribution in [0.4, 0.5) is 4.79 Å². The lowest BCUT2D eigenvalue weighted by Gasteiger charge is -2.11. The van der Waals surface area contributed by atoms with Crippen LogP contribution in [0.5, 0.6) is 5.75 Å². The van der Waals surface area contributed by atoms with Crippen LogP contribution in [0.1, 0.15) is 22.8 Å². The molecule has 0 saturated heterocycles. The lowest BCUT2D eigenvalue weighted by molar-refractivity contribution is -0.123. The maximum atomic E-state index is 12.2. The van der Waals surface area contributed by atoms with Crippen molar-refractivity contribution in [2.45, 2.75) is 13.5 Å². The highest BCUT2D eigenvalue weighted by atomic mass is 16.5. The number of hydrogen-bond acceptors (Lipinski definition) is 5. The molecule has 136 valence electrons. The number of ether oxygens (including phenoxy) is 2. The fourth-order valence-electron chi connectivity index (χ4n) is 2.07. The average molecular weight is 356 g/mol. The Morgan fingerprint density at radius 1 is 0.962 bits per heavy atom. The number of urea groups is 1. The van der Waals surface area contributed by atoms with Crippen LogP contribution in [0, 0.1) is 0 Å². The van der Waals surface area contributed by atoms with E-state index in [4.69, 9.17) is 9.47 Å². The Kier molecular flexibility index (Phi) is 7.17. The monoisotopic (exact) mass is 356 g/mol. The molecule has 7 heteroatoms. The highest BCUT2D eigenvalue weighted by Gasteiger charge is 2.16.